The number of benzene rings is 1. The van der Waals surface area contributed by atoms with Gasteiger partial charge in [-0.3, -0.25) is 9.59 Å². The number of fused-ring (bicyclic) bond motifs is 1. The second-order valence-electron chi connectivity index (χ2n) is 6.83. The average Bonchev–Trinajstić information content (AvgIpc) is 2.65. The topological polar surface area (TPSA) is 106 Å². The predicted octanol–water partition coefficient (Wildman–Crippen LogP) is 3.19. The number of aliphatic carboxylic acids is 1. The summed E-state index contributed by atoms with van der Waals surface area (Å²) >= 11 is 0. The summed E-state index contributed by atoms with van der Waals surface area (Å²) in [6.07, 6.45) is 4.14. The van der Waals surface area contributed by atoms with Gasteiger partial charge in [0.15, 0.2) is 6.10 Å². The fourth-order valence-electron chi connectivity index (χ4n) is 3.03. The zero-order valence-corrected chi connectivity index (χ0v) is 16.5. The van der Waals surface area contributed by atoms with Gasteiger partial charge in [0.2, 0.25) is 0 Å². The zero-order valence-electron chi connectivity index (χ0n) is 16.5. The predicted molar refractivity (Wildman–Crippen MR) is 106 cm³/mol. The van der Waals surface area contributed by atoms with E-state index in [2.05, 4.69) is 12.2 Å². The average molecular weight is 389 g/mol. The molecule has 0 aliphatic heterocycles. The summed E-state index contributed by atoms with van der Waals surface area (Å²) in [5.41, 5.74) is 1.67. The third-order valence-corrected chi connectivity index (χ3v) is 4.64. The van der Waals surface area contributed by atoms with E-state index >= 15 is 0 Å². The van der Waals surface area contributed by atoms with E-state index in [0.29, 0.717) is 23.3 Å². The summed E-state index contributed by atoms with van der Waals surface area (Å²) in [5.74, 6) is -1.31. The fraction of sp³-hybridized carbons (Fsp3) is 0.476. The molecule has 2 N–H and O–H groups in total. The molecule has 152 valence electrons. The first-order valence-corrected chi connectivity index (χ1v) is 9.56. The number of unbranched alkanes of at least 4 members (excludes halogenated alkanes) is 3. The van der Waals surface area contributed by atoms with Crippen LogP contribution >= 0.6 is 0 Å². The van der Waals surface area contributed by atoms with E-state index in [4.69, 9.17) is 14.3 Å². The molecule has 0 unspecified atom stereocenters. The Hall–Kier alpha value is -2.83. The van der Waals surface area contributed by atoms with Crippen molar-refractivity contribution in [3.8, 4) is 5.75 Å². The van der Waals surface area contributed by atoms with Gasteiger partial charge in [0.25, 0.3) is 5.91 Å². The first-order chi connectivity index (χ1) is 13.3. The van der Waals surface area contributed by atoms with Crippen molar-refractivity contribution in [1.29, 1.82) is 0 Å². The number of carbonyl (C=O) groups excluding carboxylic acids is 1. The van der Waals surface area contributed by atoms with Crippen LogP contribution in [0.1, 0.15) is 50.7 Å². The summed E-state index contributed by atoms with van der Waals surface area (Å²) in [5, 5.41) is 11.7. The van der Waals surface area contributed by atoms with Crippen molar-refractivity contribution in [3.63, 3.8) is 0 Å². The number of rotatable bonds is 10. The number of hydrogen-bond donors (Lipinski definition) is 2. The summed E-state index contributed by atoms with van der Waals surface area (Å²) in [4.78, 5) is 34.7. The second kappa shape index (κ2) is 9.92. The molecule has 7 nitrogen and oxygen atoms in total. The number of amides is 1. The Labute approximate surface area is 163 Å². The number of ether oxygens (including phenoxy) is 1. The molecule has 1 atom stereocenters. The highest BCUT2D eigenvalue weighted by molar-refractivity contribution is 5.85. The maximum Gasteiger partial charge on any atom is 0.339 e. The Balaban J connectivity index is 2.16. The molecule has 0 fully saturated rings. The zero-order chi connectivity index (χ0) is 20.7. The minimum atomic E-state index is -1.13. The summed E-state index contributed by atoms with van der Waals surface area (Å²) in [7, 11) is 0. The van der Waals surface area contributed by atoms with Gasteiger partial charge < -0.3 is 19.6 Å². The van der Waals surface area contributed by atoms with Gasteiger partial charge in [-0.15, -0.1) is 0 Å². The lowest BCUT2D eigenvalue weighted by molar-refractivity contribution is -0.139. The Kier molecular flexibility index (Phi) is 7.61. The summed E-state index contributed by atoms with van der Waals surface area (Å²) < 4.78 is 11.0. The maximum atomic E-state index is 12.4. The molecule has 2 aromatic rings. The van der Waals surface area contributed by atoms with Gasteiger partial charge in [-0.2, -0.15) is 0 Å². The van der Waals surface area contributed by atoms with E-state index in [1.807, 2.05) is 6.92 Å². The summed E-state index contributed by atoms with van der Waals surface area (Å²) in [6, 6.07) is 5.09. The van der Waals surface area contributed by atoms with Crippen LogP contribution in [0.2, 0.25) is 0 Å². The van der Waals surface area contributed by atoms with Crippen molar-refractivity contribution in [2.75, 3.05) is 6.54 Å². The van der Waals surface area contributed by atoms with Crippen LogP contribution in [-0.2, 0) is 16.0 Å². The minimum Gasteiger partial charge on any atom is -0.481 e. The number of nitrogens with one attached hydrogen (secondary N) is 1. The molecule has 0 radical (unpaired) electrons. The fourth-order valence-corrected chi connectivity index (χ4v) is 3.03. The molecule has 7 heteroatoms. The van der Waals surface area contributed by atoms with Crippen molar-refractivity contribution >= 4 is 22.8 Å². The van der Waals surface area contributed by atoms with E-state index in [-0.39, 0.29) is 5.63 Å². The van der Waals surface area contributed by atoms with Crippen LogP contribution in [0.5, 0.6) is 5.75 Å². The number of carboxylic acids is 1. The van der Waals surface area contributed by atoms with E-state index in [9.17, 15) is 14.4 Å². The standard InChI is InChI=1S/C21H27NO6/c1-4-5-6-7-8-17-13(2)16-10-9-15(11-18(16)28-21(17)26)27-14(3)20(25)22-12-19(23)24/h9-11,14H,4-8,12H2,1-3H3,(H,22,25)(H,23,24)/t14-/m1/s1. The van der Waals surface area contributed by atoms with E-state index < -0.39 is 24.5 Å². The Morgan fingerprint density at radius 3 is 2.68 bits per heavy atom. The van der Waals surface area contributed by atoms with E-state index in [1.165, 1.54) is 6.92 Å². The number of aryl methyl sites for hydroxylation is 1. The Morgan fingerprint density at radius 1 is 1.25 bits per heavy atom. The molecular formula is C21H27NO6. The number of carboxylic acid groups (broad SMARTS) is 1. The lowest BCUT2D eigenvalue weighted by Crippen LogP contribution is -2.39. The normalized spacial score (nSPS) is 12.0. The third kappa shape index (κ3) is 5.58. The first kappa shape index (κ1) is 21.5. The second-order valence-corrected chi connectivity index (χ2v) is 6.83. The lowest BCUT2D eigenvalue weighted by atomic mass is 10.0. The lowest BCUT2D eigenvalue weighted by Gasteiger charge is -2.15. The van der Waals surface area contributed by atoms with Gasteiger partial charge in [0, 0.05) is 17.0 Å². The van der Waals surface area contributed by atoms with Gasteiger partial charge in [-0.1, -0.05) is 26.2 Å². The van der Waals surface area contributed by atoms with Crippen LogP contribution in [-0.4, -0.2) is 29.6 Å². The summed E-state index contributed by atoms with van der Waals surface area (Å²) in [6.45, 7) is 5.10. The highest BCUT2D eigenvalue weighted by Crippen LogP contribution is 2.25. The Morgan fingerprint density at radius 2 is 2.00 bits per heavy atom. The Bertz CT molecular complexity index is 902. The van der Waals surface area contributed by atoms with Crippen molar-refractivity contribution in [3.05, 3.63) is 39.7 Å². The molecule has 28 heavy (non-hydrogen) atoms. The van der Waals surface area contributed by atoms with Gasteiger partial charge >= 0.3 is 11.6 Å². The third-order valence-electron chi connectivity index (χ3n) is 4.64. The molecule has 0 saturated heterocycles. The van der Waals surface area contributed by atoms with E-state index in [1.54, 1.807) is 18.2 Å². The molecule has 1 heterocycles. The van der Waals surface area contributed by atoms with Crippen LogP contribution in [0.3, 0.4) is 0 Å². The molecule has 1 aromatic carbocycles. The molecule has 2 rings (SSSR count). The number of hydrogen-bond acceptors (Lipinski definition) is 5. The van der Waals surface area contributed by atoms with Gasteiger partial charge in [-0.25, -0.2) is 4.79 Å². The molecule has 1 aromatic heterocycles. The maximum absolute atomic E-state index is 12.4. The van der Waals surface area contributed by atoms with Crippen LogP contribution in [0, 0.1) is 6.92 Å². The molecule has 0 aliphatic rings. The SMILES string of the molecule is CCCCCCc1c(C)c2ccc(O[C@H](C)C(=O)NCC(=O)O)cc2oc1=O. The van der Waals surface area contributed by atoms with Crippen LogP contribution < -0.4 is 15.7 Å². The van der Waals surface area contributed by atoms with Gasteiger partial charge in [0.1, 0.15) is 17.9 Å². The molecule has 0 aliphatic carbocycles. The smallest absolute Gasteiger partial charge is 0.339 e. The van der Waals surface area contributed by atoms with Crippen LogP contribution in [0.25, 0.3) is 11.0 Å². The highest BCUT2D eigenvalue weighted by Gasteiger charge is 2.17. The van der Waals surface area contributed by atoms with E-state index in [0.717, 1.165) is 36.6 Å². The minimum absolute atomic E-state index is 0.342. The molecular weight excluding hydrogens is 362 g/mol. The van der Waals surface area contributed by atoms with Gasteiger partial charge in [0.05, 0.1) is 0 Å². The van der Waals surface area contributed by atoms with Crippen LogP contribution in [0.4, 0.5) is 0 Å². The quantitative estimate of drug-likeness (QED) is 0.477. The molecule has 0 spiro atoms. The largest absolute Gasteiger partial charge is 0.481 e. The molecule has 0 bridgehead atoms. The van der Waals surface area contributed by atoms with Gasteiger partial charge in [-0.05, 0) is 44.4 Å². The van der Waals surface area contributed by atoms with Crippen molar-refractivity contribution < 1.29 is 23.8 Å². The van der Waals surface area contributed by atoms with Crippen molar-refractivity contribution in [1.82, 2.24) is 5.32 Å². The van der Waals surface area contributed by atoms with Crippen LogP contribution in [0.15, 0.2) is 27.4 Å². The molecule has 0 saturated carbocycles. The van der Waals surface area contributed by atoms with Crippen molar-refractivity contribution in [2.45, 2.75) is 59.0 Å². The number of carbonyl (C=O) groups is 2. The molecule has 1 amide bonds. The first-order valence-electron chi connectivity index (χ1n) is 9.56. The highest BCUT2D eigenvalue weighted by atomic mass is 16.5. The monoisotopic (exact) mass is 389 g/mol. The van der Waals surface area contributed by atoms with Crippen molar-refractivity contribution in [2.24, 2.45) is 0 Å².